The largest absolute Gasteiger partial charge is 0.419 e. The molecular formula is C26H40F4N8O3S. The summed E-state index contributed by atoms with van der Waals surface area (Å²) in [7, 11) is -3.66. The van der Waals surface area contributed by atoms with E-state index in [0.717, 1.165) is 37.0 Å². The first-order valence-electron chi connectivity index (χ1n) is 14.2. The lowest BCUT2D eigenvalue weighted by Gasteiger charge is -2.35. The molecule has 2 fully saturated rings. The summed E-state index contributed by atoms with van der Waals surface area (Å²) in [6.07, 6.45) is -2.63. The first-order chi connectivity index (χ1) is 19.6. The molecule has 2 aliphatic rings. The van der Waals surface area contributed by atoms with E-state index in [9.17, 15) is 26.7 Å². The third-order valence-electron chi connectivity index (χ3n) is 7.55. The maximum Gasteiger partial charge on any atom is 0.419 e. The molecule has 4 heterocycles. The predicted octanol–water partition coefficient (Wildman–Crippen LogP) is 2.31. The van der Waals surface area contributed by atoms with Crippen LogP contribution in [0.4, 0.5) is 23.5 Å². The number of rotatable bonds is 11. The van der Waals surface area contributed by atoms with Crippen LogP contribution in [0.3, 0.4) is 0 Å². The fraction of sp³-hybridized carbons (Fsp3) is 0.731. The second kappa shape index (κ2) is 13.1. The Morgan fingerprint density at radius 1 is 1.10 bits per heavy atom. The molecule has 0 saturated carbocycles. The Balaban J connectivity index is 1.37. The van der Waals surface area contributed by atoms with Gasteiger partial charge < -0.3 is 20.2 Å². The average molecular weight is 621 g/mol. The van der Waals surface area contributed by atoms with Gasteiger partial charge in [0, 0.05) is 57.2 Å². The number of aromatic nitrogens is 4. The van der Waals surface area contributed by atoms with E-state index < -0.39 is 45.3 Å². The second-order valence-electron chi connectivity index (χ2n) is 11.6. The highest BCUT2D eigenvalue weighted by Gasteiger charge is 2.38. The lowest BCUT2D eigenvalue weighted by molar-refractivity contribution is -0.137. The summed E-state index contributed by atoms with van der Waals surface area (Å²) in [5.74, 6) is -0.279. The lowest BCUT2D eigenvalue weighted by Crippen LogP contribution is -2.51. The molecule has 2 saturated heterocycles. The Labute approximate surface area is 244 Å². The molecule has 0 unspecified atom stereocenters. The standard InChI is InChI=1S/C26H40F4N8O3S/c1-4-35-9-11-36(12-10-35)7-5-13-42(40,41)38-8-6-22(21(27)17-38)33-24-31-15-20(26(28,29)30)23(34-24)19-14-32-37(16-19)18-25(2,3)39/h14-16,21-22,39H,4-13,17-18H2,1-3H3,(H,31,33,34)/t21-,22+/m1/s1. The number of nitrogens with zero attached hydrogens (tertiary/aromatic N) is 7. The van der Waals surface area contributed by atoms with Crippen LogP contribution in [0, 0.1) is 0 Å². The first kappa shape index (κ1) is 32.5. The SMILES string of the molecule is CCN1CCN(CCCS(=O)(=O)N2CC[C@H](Nc3ncc(C(F)(F)F)c(-c4cnn(CC(C)(C)O)c4)n3)[C@H](F)C2)CC1. The molecule has 0 amide bonds. The number of piperidine rings is 1. The van der Waals surface area contributed by atoms with Crippen LogP contribution in [0.25, 0.3) is 11.3 Å². The molecule has 2 N–H and O–H groups in total. The molecule has 0 radical (unpaired) electrons. The van der Waals surface area contributed by atoms with Crippen molar-refractivity contribution in [2.75, 3.05) is 63.4 Å². The summed E-state index contributed by atoms with van der Waals surface area (Å²) < 4.78 is 84.7. The molecule has 2 aromatic heterocycles. The van der Waals surface area contributed by atoms with E-state index in [4.69, 9.17) is 0 Å². The van der Waals surface area contributed by atoms with Crippen LogP contribution in [0.15, 0.2) is 18.6 Å². The van der Waals surface area contributed by atoms with Crippen molar-refractivity contribution in [1.82, 2.24) is 33.9 Å². The summed E-state index contributed by atoms with van der Waals surface area (Å²) in [4.78, 5) is 12.4. The molecule has 11 nitrogen and oxygen atoms in total. The van der Waals surface area contributed by atoms with Crippen molar-refractivity contribution < 1.29 is 31.1 Å². The third-order valence-corrected chi connectivity index (χ3v) is 9.47. The van der Waals surface area contributed by atoms with Crippen molar-refractivity contribution in [2.45, 2.75) is 64.1 Å². The minimum atomic E-state index is -4.75. The van der Waals surface area contributed by atoms with E-state index in [1.165, 1.54) is 17.1 Å². The highest BCUT2D eigenvalue weighted by Crippen LogP contribution is 2.36. The first-order valence-corrected chi connectivity index (χ1v) is 15.8. The van der Waals surface area contributed by atoms with Gasteiger partial charge >= 0.3 is 6.18 Å². The van der Waals surface area contributed by atoms with Crippen molar-refractivity contribution in [2.24, 2.45) is 0 Å². The minimum absolute atomic E-state index is 0.0471. The van der Waals surface area contributed by atoms with Crippen molar-refractivity contribution >= 4 is 16.0 Å². The quantitative estimate of drug-likeness (QED) is 0.365. The van der Waals surface area contributed by atoms with Crippen LogP contribution in [0.1, 0.15) is 39.2 Å². The number of anilines is 1. The average Bonchev–Trinajstić information content (AvgIpc) is 3.36. The van der Waals surface area contributed by atoms with E-state index >= 15 is 4.39 Å². The van der Waals surface area contributed by atoms with E-state index in [2.05, 4.69) is 37.1 Å². The zero-order chi connectivity index (χ0) is 30.7. The molecule has 0 aliphatic carbocycles. The van der Waals surface area contributed by atoms with Gasteiger partial charge in [-0.1, -0.05) is 6.92 Å². The predicted molar refractivity (Wildman–Crippen MR) is 150 cm³/mol. The molecule has 42 heavy (non-hydrogen) atoms. The number of piperazine rings is 1. The van der Waals surface area contributed by atoms with Gasteiger partial charge in [-0.25, -0.2) is 22.8 Å². The highest BCUT2D eigenvalue weighted by molar-refractivity contribution is 7.89. The Hall–Kier alpha value is -2.40. The van der Waals surface area contributed by atoms with Gasteiger partial charge in [0.1, 0.15) is 11.7 Å². The maximum atomic E-state index is 15.2. The zero-order valence-electron chi connectivity index (χ0n) is 24.2. The van der Waals surface area contributed by atoms with E-state index in [0.29, 0.717) is 19.2 Å². The van der Waals surface area contributed by atoms with Gasteiger partial charge in [-0.2, -0.15) is 22.6 Å². The van der Waals surface area contributed by atoms with E-state index in [-0.39, 0.29) is 43.3 Å². The third kappa shape index (κ3) is 8.58. The molecule has 0 aromatic carbocycles. The summed E-state index contributed by atoms with van der Waals surface area (Å²) >= 11 is 0. The van der Waals surface area contributed by atoms with Crippen LogP contribution in [0.5, 0.6) is 0 Å². The number of sulfonamides is 1. The number of likely N-dealkylation sites (N-methyl/N-ethyl adjacent to an activating group) is 1. The van der Waals surface area contributed by atoms with Gasteiger partial charge in [0.05, 0.1) is 35.8 Å². The number of aliphatic hydroxyl groups is 1. The Morgan fingerprint density at radius 3 is 2.40 bits per heavy atom. The molecule has 236 valence electrons. The van der Waals surface area contributed by atoms with Gasteiger partial charge in [0.2, 0.25) is 16.0 Å². The van der Waals surface area contributed by atoms with Crippen molar-refractivity contribution in [3.8, 4) is 11.3 Å². The number of hydrogen-bond donors (Lipinski definition) is 2. The topological polar surface area (TPSA) is 120 Å². The number of nitrogens with one attached hydrogen (secondary N) is 1. The second-order valence-corrected chi connectivity index (χ2v) is 13.6. The van der Waals surface area contributed by atoms with Crippen molar-refractivity contribution in [3.05, 3.63) is 24.2 Å². The maximum absolute atomic E-state index is 15.2. The Morgan fingerprint density at radius 2 is 1.79 bits per heavy atom. The fourth-order valence-corrected chi connectivity index (χ4v) is 6.74. The van der Waals surface area contributed by atoms with Crippen molar-refractivity contribution in [1.29, 1.82) is 0 Å². The van der Waals surface area contributed by atoms with Gasteiger partial charge in [0.25, 0.3) is 0 Å². The summed E-state index contributed by atoms with van der Waals surface area (Å²) in [5.41, 5.74) is -2.60. The fourth-order valence-electron chi connectivity index (χ4n) is 5.23. The number of hydrogen-bond acceptors (Lipinski definition) is 9. The van der Waals surface area contributed by atoms with Crippen LogP contribution in [-0.4, -0.2) is 123 Å². The van der Waals surface area contributed by atoms with E-state index in [1.807, 2.05) is 0 Å². The van der Waals surface area contributed by atoms with Crippen molar-refractivity contribution in [3.63, 3.8) is 0 Å². The summed E-state index contributed by atoms with van der Waals surface area (Å²) in [6, 6.07) is -0.881. The normalized spacial score (nSPS) is 22.0. The lowest BCUT2D eigenvalue weighted by atomic mass is 10.1. The van der Waals surface area contributed by atoms with Gasteiger partial charge in [-0.3, -0.25) is 4.68 Å². The summed E-state index contributed by atoms with van der Waals surface area (Å²) in [6.45, 7) is 10.4. The molecule has 16 heteroatoms. The smallest absolute Gasteiger partial charge is 0.389 e. The van der Waals surface area contributed by atoms with Gasteiger partial charge in [0.15, 0.2) is 0 Å². The monoisotopic (exact) mass is 620 g/mol. The van der Waals surface area contributed by atoms with E-state index in [1.54, 1.807) is 13.8 Å². The van der Waals surface area contributed by atoms with Gasteiger partial charge in [-0.15, -0.1) is 0 Å². The van der Waals surface area contributed by atoms with Gasteiger partial charge in [-0.05, 0) is 39.8 Å². The number of alkyl halides is 4. The molecule has 0 spiro atoms. The molecule has 0 bridgehead atoms. The molecular weight excluding hydrogens is 580 g/mol. The Bertz CT molecular complexity index is 1290. The molecule has 4 rings (SSSR count). The highest BCUT2D eigenvalue weighted by atomic mass is 32.2. The minimum Gasteiger partial charge on any atom is -0.389 e. The number of halogens is 4. The van der Waals surface area contributed by atoms with Crippen LogP contribution in [-0.2, 0) is 22.7 Å². The molecule has 2 atom stereocenters. The molecule has 2 aliphatic heterocycles. The van der Waals surface area contributed by atoms with Crippen LogP contribution < -0.4 is 5.32 Å². The zero-order valence-corrected chi connectivity index (χ0v) is 25.0. The van der Waals surface area contributed by atoms with Crippen LogP contribution in [0.2, 0.25) is 0 Å². The Kier molecular flexibility index (Phi) is 10.1. The molecule has 2 aromatic rings. The van der Waals surface area contributed by atoms with Crippen LogP contribution >= 0.6 is 0 Å². The summed E-state index contributed by atoms with van der Waals surface area (Å²) in [5, 5.41) is 16.8.